The van der Waals surface area contributed by atoms with Crippen molar-refractivity contribution in [1.29, 1.82) is 0 Å². The Labute approximate surface area is 77.0 Å². The second kappa shape index (κ2) is 3.93. The zero-order valence-electron chi connectivity index (χ0n) is 6.27. The molecule has 0 fully saturated rings. The van der Waals surface area contributed by atoms with Crippen LogP contribution in [-0.2, 0) is 6.61 Å². The molecule has 72 valence electrons. The van der Waals surface area contributed by atoms with Crippen LogP contribution in [-0.4, -0.2) is 10.1 Å². The van der Waals surface area contributed by atoms with Crippen molar-refractivity contribution in [2.45, 2.75) is 13.0 Å². The molecule has 0 radical (unpaired) electrons. The zero-order valence-corrected chi connectivity index (χ0v) is 7.02. The third-order valence-corrected chi connectivity index (χ3v) is 1.68. The fourth-order valence-corrected chi connectivity index (χ4v) is 1.10. The molecule has 1 heterocycles. The summed E-state index contributed by atoms with van der Waals surface area (Å²) < 4.78 is 37.0. The van der Waals surface area contributed by atoms with E-state index in [2.05, 4.69) is 4.98 Å². The first-order chi connectivity index (χ1) is 6.06. The average molecular weight is 212 g/mol. The zero-order chi connectivity index (χ0) is 10.0. The van der Waals surface area contributed by atoms with Crippen LogP contribution in [0.3, 0.4) is 0 Å². The number of pyridine rings is 1. The number of rotatable bonds is 2. The van der Waals surface area contributed by atoms with Gasteiger partial charge in [0.05, 0.1) is 17.9 Å². The SMILES string of the molecule is OCc1cc(F)c(C(F)F)c(Cl)n1. The molecule has 0 saturated heterocycles. The lowest BCUT2D eigenvalue weighted by molar-refractivity contribution is 0.145. The van der Waals surface area contributed by atoms with Crippen LogP contribution in [0.2, 0.25) is 5.15 Å². The van der Waals surface area contributed by atoms with Crippen molar-refractivity contribution in [3.05, 3.63) is 28.3 Å². The van der Waals surface area contributed by atoms with Gasteiger partial charge < -0.3 is 5.11 Å². The van der Waals surface area contributed by atoms with Crippen LogP contribution >= 0.6 is 11.6 Å². The molecule has 1 aromatic rings. The lowest BCUT2D eigenvalue weighted by atomic mass is 10.2. The molecule has 2 nitrogen and oxygen atoms in total. The van der Waals surface area contributed by atoms with Crippen LogP contribution in [0.5, 0.6) is 0 Å². The number of aliphatic hydroxyl groups excluding tert-OH is 1. The van der Waals surface area contributed by atoms with Crippen molar-refractivity contribution in [3.8, 4) is 0 Å². The van der Waals surface area contributed by atoms with Gasteiger partial charge in [0.15, 0.2) is 0 Å². The molecule has 0 saturated carbocycles. The third kappa shape index (κ3) is 2.10. The van der Waals surface area contributed by atoms with Crippen molar-refractivity contribution in [2.24, 2.45) is 0 Å². The van der Waals surface area contributed by atoms with E-state index in [1.165, 1.54) is 0 Å². The lowest BCUT2D eigenvalue weighted by Gasteiger charge is -2.05. The van der Waals surface area contributed by atoms with E-state index in [-0.39, 0.29) is 5.69 Å². The second-order valence-electron chi connectivity index (χ2n) is 2.26. The van der Waals surface area contributed by atoms with Crippen molar-refractivity contribution >= 4 is 11.6 Å². The van der Waals surface area contributed by atoms with Gasteiger partial charge in [0.1, 0.15) is 11.0 Å². The van der Waals surface area contributed by atoms with Crippen LogP contribution in [0, 0.1) is 5.82 Å². The predicted molar refractivity (Wildman–Crippen MR) is 40.1 cm³/mol. The van der Waals surface area contributed by atoms with E-state index < -0.39 is 29.6 Å². The first-order valence-corrected chi connectivity index (χ1v) is 3.68. The molecule has 0 bridgehead atoms. The van der Waals surface area contributed by atoms with E-state index in [1.807, 2.05) is 0 Å². The maximum atomic E-state index is 12.8. The van der Waals surface area contributed by atoms with Gasteiger partial charge in [-0.25, -0.2) is 18.2 Å². The van der Waals surface area contributed by atoms with Gasteiger partial charge in [-0.05, 0) is 6.07 Å². The fourth-order valence-electron chi connectivity index (χ4n) is 0.816. The van der Waals surface area contributed by atoms with Gasteiger partial charge in [0, 0.05) is 0 Å². The van der Waals surface area contributed by atoms with Crippen molar-refractivity contribution in [2.75, 3.05) is 0 Å². The average Bonchev–Trinajstić information content (AvgIpc) is 2.02. The minimum absolute atomic E-state index is 0.0769. The number of halogens is 4. The van der Waals surface area contributed by atoms with E-state index >= 15 is 0 Å². The van der Waals surface area contributed by atoms with E-state index in [9.17, 15) is 13.2 Å². The van der Waals surface area contributed by atoms with Crippen LogP contribution in [0.15, 0.2) is 6.07 Å². The smallest absolute Gasteiger partial charge is 0.269 e. The van der Waals surface area contributed by atoms with Gasteiger partial charge in [0.2, 0.25) is 0 Å². The molecular weight excluding hydrogens is 207 g/mol. The Morgan fingerprint density at radius 3 is 2.54 bits per heavy atom. The Hall–Kier alpha value is -0.810. The molecule has 1 rings (SSSR count). The molecule has 0 aliphatic rings. The van der Waals surface area contributed by atoms with Crippen molar-refractivity contribution in [1.82, 2.24) is 4.98 Å². The van der Waals surface area contributed by atoms with Gasteiger partial charge in [-0.3, -0.25) is 0 Å². The first-order valence-electron chi connectivity index (χ1n) is 3.30. The molecule has 1 aromatic heterocycles. The fraction of sp³-hybridized carbons (Fsp3) is 0.286. The summed E-state index contributed by atoms with van der Waals surface area (Å²) in [5, 5.41) is 7.93. The monoisotopic (exact) mass is 211 g/mol. The summed E-state index contributed by atoms with van der Waals surface area (Å²) in [6, 6.07) is 0.730. The van der Waals surface area contributed by atoms with Crippen LogP contribution in [0.25, 0.3) is 0 Å². The molecule has 0 aromatic carbocycles. The van der Waals surface area contributed by atoms with E-state index in [0.29, 0.717) is 0 Å². The summed E-state index contributed by atoms with van der Waals surface area (Å²) in [6.45, 7) is -0.542. The Morgan fingerprint density at radius 2 is 2.15 bits per heavy atom. The van der Waals surface area contributed by atoms with E-state index in [1.54, 1.807) is 0 Å². The molecule has 0 atom stereocenters. The van der Waals surface area contributed by atoms with Crippen LogP contribution < -0.4 is 0 Å². The summed E-state index contributed by atoms with van der Waals surface area (Å²) in [4.78, 5) is 3.37. The molecule has 0 amide bonds. The third-order valence-electron chi connectivity index (χ3n) is 1.39. The molecule has 0 spiro atoms. The summed E-state index contributed by atoms with van der Waals surface area (Å²) in [7, 11) is 0. The van der Waals surface area contributed by atoms with Crippen LogP contribution in [0.1, 0.15) is 17.7 Å². The first kappa shape index (κ1) is 10.3. The van der Waals surface area contributed by atoms with Gasteiger partial charge in [0.25, 0.3) is 6.43 Å². The number of alkyl halides is 2. The Morgan fingerprint density at radius 1 is 1.54 bits per heavy atom. The van der Waals surface area contributed by atoms with E-state index in [4.69, 9.17) is 16.7 Å². The van der Waals surface area contributed by atoms with Gasteiger partial charge in [-0.15, -0.1) is 0 Å². The van der Waals surface area contributed by atoms with Gasteiger partial charge >= 0.3 is 0 Å². The maximum Gasteiger partial charge on any atom is 0.269 e. The number of nitrogens with zero attached hydrogens (tertiary/aromatic N) is 1. The number of hydrogen-bond donors (Lipinski definition) is 1. The Bertz CT molecular complexity index is 296. The lowest BCUT2D eigenvalue weighted by Crippen LogP contribution is -1.99. The molecule has 0 aliphatic carbocycles. The highest BCUT2D eigenvalue weighted by Crippen LogP contribution is 2.28. The highest BCUT2D eigenvalue weighted by Gasteiger charge is 2.19. The molecule has 1 N–H and O–H groups in total. The topological polar surface area (TPSA) is 33.1 Å². The number of aromatic nitrogens is 1. The number of aliphatic hydroxyl groups is 1. The predicted octanol–water partition coefficient (Wildman–Crippen LogP) is 2.30. The second-order valence-corrected chi connectivity index (χ2v) is 2.62. The largest absolute Gasteiger partial charge is 0.390 e. The summed E-state index contributed by atoms with van der Waals surface area (Å²) in [6.07, 6.45) is -3.01. The number of hydrogen-bond acceptors (Lipinski definition) is 2. The van der Waals surface area contributed by atoms with Gasteiger partial charge in [-0.2, -0.15) is 0 Å². The van der Waals surface area contributed by atoms with E-state index in [0.717, 1.165) is 6.07 Å². The van der Waals surface area contributed by atoms with Gasteiger partial charge in [-0.1, -0.05) is 11.6 Å². The Kier molecular flexibility index (Phi) is 3.11. The molecular formula is C7H5ClF3NO. The minimum atomic E-state index is -3.01. The Balaban J connectivity index is 3.23. The van der Waals surface area contributed by atoms with Crippen LogP contribution in [0.4, 0.5) is 13.2 Å². The standard InChI is InChI=1S/C7H5ClF3NO/c8-6-5(7(10)11)4(9)1-3(2-13)12-6/h1,7,13H,2H2. The molecule has 0 unspecified atom stereocenters. The minimum Gasteiger partial charge on any atom is -0.390 e. The van der Waals surface area contributed by atoms with Crippen molar-refractivity contribution < 1.29 is 18.3 Å². The highest BCUT2D eigenvalue weighted by atomic mass is 35.5. The highest BCUT2D eigenvalue weighted by molar-refractivity contribution is 6.30. The quantitative estimate of drug-likeness (QED) is 0.762. The van der Waals surface area contributed by atoms with Crippen molar-refractivity contribution in [3.63, 3.8) is 0 Å². The normalized spacial score (nSPS) is 10.9. The summed E-state index contributed by atoms with van der Waals surface area (Å²) in [5.74, 6) is -1.15. The summed E-state index contributed by atoms with van der Waals surface area (Å²) in [5.41, 5.74) is -1.01. The summed E-state index contributed by atoms with van der Waals surface area (Å²) >= 11 is 5.27. The molecule has 13 heavy (non-hydrogen) atoms. The maximum absolute atomic E-state index is 12.8. The molecule has 0 aliphatic heterocycles. The molecule has 6 heteroatoms.